The van der Waals surface area contributed by atoms with Crippen molar-refractivity contribution in [3.8, 4) is 5.69 Å². The highest BCUT2D eigenvalue weighted by Crippen LogP contribution is 2.17. The second-order valence-corrected chi connectivity index (χ2v) is 6.58. The molecule has 4 rings (SSSR count). The van der Waals surface area contributed by atoms with Gasteiger partial charge in [-0.3, -0.25) is 9.78 Å². The van der Waals surface area contributed by atoms with Crippen molar-refractivity contribution < 1.29 is 4.90 Å². The zero-order valence-corrected chi connectivity index (χ0v) is 14.5. The Bertz CT molecular complexity index is 1030. The maximum Gasteiger partial charge on any atom is 0.334 e. The van der Waals surface area contributed by atoms with Crippen LogP contribution in [-0.2, 0) is 6.54 Å². The first-order chi connectivity index (χ1) is 12.6. The molecule has 26 heavy (non-hydrogen) atoms. The van der Waals surface area contributed by atoms with Gasteiger partial charge < -0.3 is 10.2 Å². The van der Waals surface area contributed by atoms with Crippen LogP contribution in [0.3, 0.4) is 0 Å². The molecular formula is C20H21N4O2+. The number of aromatic nitrogens is 2. The molecule has 0 saturated carbocycles. The van der Waals surface area contributed by atoms with Gasteiger partial charge in [-0.1, -0.05) is 48.5 Å². The van der Waals surface area contributed by atoms with Crippen molar-refractivity contribution in [2.45, 2.75) is 19.5 Å². The van der Waals surface area contributed by atoms with E-state index in [1.807, 2.05) is 48.5 Å². The minimum absolute atomic E-state index is 0.230. The summed E-state index contributed by atoms with van der Waals surface area (Å²) in [5.41, 5.74) is 1.82. The minimum atomic E-state index is -0.424. The molecule has 1 aromatic heterocycles. The molecule has 132 valence electrons. The van der Waals surface area contributed by atoms with Crippen molar-refractivity contribution in [3.63, 3.8) is 0 Å². The third-order valence-electron chi connectivity index (χ3n) is 5.02. The summed E-state index contributed by atoms with van der Waals surface area (Å²) in [6, 6.07) is 19.8. The minimum Gasteiger partial charge on any atom is -0.324 e. The Morgan fingerprint density at radius 3 is 2.35 bits per heavy atom. The first-order valence-electron chi connectivity index (χ1n) is 8.72. The normalized spacial score (nSPS) is 17.2. The standard InChI is InChI=1S/C20H20N4O2/c1-14(15-8-4-2-5-9-15)23-12-17-18(21-13-23)24(20(26)22-19(17)25)16-10-6-3-7-11-16/h2-11,14,21H,12-13H2,1H3,(H,22,25,26)/p+1/t14-/m0/s1. The van der Waals surface area contributed by atoms with E-state index < -0.39 is 5.69 Å². The fourth-order valence-corrected chi connectivity index (χ4v) is 3.52. The molecule has 0 bridgehead atoms. The molecule has 1 aliphatic heterocycles. The first kappa shape index (κ1) is 16.4. The number of nitrogens with zero attached hydrogens (tertiary/aromatic N) is 1. The zero-order valence-electron chi connectivity index (χ0n) is 14.5. The van der Waals surface area contributed by atoms with Gasteiger partial charge in [0.2, 0.25) is 0 Å². The van der Waals surface area contributed by atoms with Crippen molar-refractivity contribution in [3.05, 3.63) is 92.6 Å². The van der Waals surface area contributed by atoms with E-state index in [4.69, 9.17) is 0 Å². The Morgan fingerprint density at radius 1 is 1.00 bits per heavy atom. The third-order valence-corrected chi connectivity index (χ3v) is 5.02. The highest BCUT2D eigenvalue weighted by Gasteiger charge is 2.29. The van der Waals surface area contributed by atoms with Gasteiger partial charge in [-0.2, -0.15) is 0 Å². The molecule has 0 spiro atoms. The maximum absolute atomic E-state index is 12.5. The van der Waals surface area contributed by atoms with Gasteiger partial charge in [0, 0.05) is 5.56 Å². The van der Waals surface area contributed by atoms with Gasteiger partial charge in [0.25, 0.3) is 5.56 Å². The molecule has 2 atom stereocenters. The number of para-hydroxylation sites is 1. The average Bonchev–Trinajstić information content (AvgIpc) is 2.69. The lowest BCUT2D eigenvalue weighted by Crippen LogP contribution is -3.12. The van der Waals surface area contributed by atoms with Crippen LogP contribution in [0.4, 0.5) is 5.82 Å². The Morgan fingerprint density at radius 2 is 1.65 bits per heavy atom. The third kappa shape index (κ3) is 2.84. The van der Waals surface area contributed by atoms with Crippen molar-refractivity contribution in [1.29, 1.82) is 0 Å². The average molecular weight is 349 g/mol. The van der Waals surface area contributed by atoms with E-state index in [2.05, 4.69) is 29.4 Å². The number of rotatable bonds is 3. The number of nitrogens with one attached hydrogen (secondary N) is 3. The second-order valence-electron chi connectivity index (χ2n) is 6.58. The van der Waals surface area contributed by atoms with Crippen molar-refractivity contribution in [1.82, 2.24) is 9.55 Å². The Hall–Kier alpha value is -3.12. The van der Waals surface area contributed by atoms with Gasteiger partial charge in [0.05, 0.1) is 5.69 Å². The Kier molecular flexibility index (Phi) is 4.18. The SMILES string of the molecule is C[C@@H](c1ccccc1)[NH+]1CNc2c(c(=O)[nH]c(=O)n2-c2ccccc2)C1. The van der Waals surface area contributed by atoms with Gasteiger partial charge >= 0.3 is 5.69 Å². The van der Waals surface area contributed by atoms with Crippen molar-refractivity contribution in [2.75, 3.05) is 12.0 Å². The number of anilines is 1. The molecular weight excluding hydrogens is 328 g/mol. The zero-order chi connectivity index (χ0) is 18.1. The summed E-state index contributed by atoms with van der Waals surface area (Å²) in [5, 5.41) is 3.32. The second kappa shape index (κ2) is 6.65. The quantitative estimate of drug-likeness (QED) is 0.662. The van der Waals surface area contributed by atoms with Crippen molar-refractivity contribution in [2.24, 2.45) is 0 Å². The van der Waals surface area contributed by atoms with Gasteiger partial charge in [-0.15, -0.1) is 0 Å². The number of hydrogen-bond acceptors (Lipinski definition) is 3. The number of aromatic amines is 1. The lowest BCUT2D eigenvalue weighted by Gasteiger charge is -2.32. The summed E-state index contributed by atoms with van der Waals surface area (Å²) in [7, 11) is 0. The van der Waals surface area contributed by atoms with Gasteiger partial charge in [0.1, 0.15) is 24.0 Å². The molecule has 0 fully saturated rings. The maximum atomic E-state index is 12.5. The molecule has 6 heteroatoms. The van der Waals surface area contributed by atoms with Crippen LogP contribution in [0, 0.1) is 0 Å². The smallest absolute Gasteiger partial charge is 0.324 e. The number of hydrogen-bond donors (Lipinski definition) is 3. The summed E-state index contributed by atoms with van der Waals surface area (Å²) < 4.78 is 1.54. The largest absolute Gasteiger partial charge is 0.334 e. The fraction of sp³-hybridized carbons (Fsp3) is 0.200. The molecule has 0 aliphatic carbocycles. The van der Waals surface area contributed by atoms with Gasteiger partial charge in [-0.25, -0.2) is 9.36 Å². The molecule has 6 nitrogen and oxygen atoms in total. The molecule has 3 N–H and O–H groups in total. The highest BCUT2D eigenvalue weighted by atomic mass is 16.2. The van der Waals surface area contributed by atoms with E-state index in [1.165, 1.54) is 10.5 Å². The lowest BCUT2D eigenvalue weighted by molar-refractivity contribution is -0.941. The van der Waals surface area contributed by atoms with Gasteiger partial charge in [0.15, 0.2) is 6.67 Å². The highest BCUT2D eigenvalue weighted by molar-refractivity contribution is 5.50. The fourth-order valence-electron chi connectivity index (χ4n) is 3.52. The summed E-state index contributed by atoms with van der Waals surface area (Å²) in [5.74, 6) is 0.592. The number of H-pyrrole nitrogens is 1. The molecule has 0 radical (unpaired) electrons. The van der Waals surface area contributed by atoms with E-state index in [-0.39, 0.29) is 11.6 Å². The Labute approximate surface area is 150 Å². The van der Waals surface area contributed by atoms with Crippen LogP contribution in [0.1, 0.15) is 24.1 Å². The van der Waals surface area contributed by atoms with Crippen LogP contribution in [-0.4, -0.2) is 16.2 Å². The first-order valence-corrected chi connectivity index (χ1v) is 8.72. The number of fused-ring (bicyclic) bond motifs is 1. The monoisotopic (exact) mass is 349 g/mol. The van der Waals surface area contributed by atoms with Crippen LogP contribution in [0.5, 0.6) is 0 Å². The number of quaternary nitrogens is 1. The van der Waals surface area contributed by atoms with Gasteiger partial charge in [-0.05, 0) is 19.1 Å². The number of benzene rings is 2. The predicted molar refractivity (Wildman–Crippen MR) is 101 cm³/mol. The molecule has 2 heterocycles. The van der Waals surface area contributed by atoms with Crippen LogP contribution in [0.2, 0.25) is 0 Å². The van der Waals surface area contributed by atoms with E-state index in [0.717, 1.165) is 5.69 Å². The molecule has 1 aliphatic rings. The van der Waals surface area contributed by atoms with E-state index >= 15 is 0 Å². The summed E-state index contributed by atoms with van der Waals surface area (Å²) >= 11 is 0. The van der Waals surface area contributed by atoms with Crippen LogP contribution in [0.15, 0.2) is 70.3 Å². The topological polar surface area (TPSA) is 71.3 Å². The Balaban J connectivity index is 1.75. The molecule has 0 amide bonds. The van der Waals surface area contributed by atoms with Crippen LogP contribution >= 0.6 is 0 Å². The summed E-state index contributed by atoms with van der Waals surface area (Å²) in [6.07, 6.45) is 0. The molecule has 2 aromatic carbocycles. The van der Waals surface area contributed by atoms with Crippen molar-refractivity contribution >= 4 is 5.82 Å². The molecule has 3 aromatic rings. The van der Waals surface area contributed by atoms with E-state index in [1.54, 1.807) is 4.57 Å². The lowest BCUT2D eigenvalue weighted by atomic mass is 10.1. The molecule has 1 unspecified atom stereocenters. The summed E-state index contributed by atoms with van der Waals surface area (Å²) in [6.45, 7) is 3.35. The van der Waals surface area contributed by atoms with E-state index in [9.17, 15) is 9.59 Å². The predicted octanol–water partition coefficient (Wildman–Crippen LogP) is 1.05. The van der Waals surface area contributed by atoms with Crippen LogP contribution < -0.4 is 21.5 Å². The van der Waals surface area contributed by atoms with E-state index in [0.29, 0.717) is 24.6 Å². The summed E-state index contributed by atoms with van der Waals surface area (Å²) in [4.78, 5) is 28.6. The van der Waals surface area contributed by atoms with Crippen LogP contribution in [0.25, 0.3) is 5.69 Å². The molecule has 0 saturated heterocycles.